The van der Waals surface area contributed by atoms with Crippen LogP contribution in [-0.4, -0.2) is 29.6 Å². The van der Waals surface area contributed by atoms with E-state index in [2.05, 4.69) is 6.58 Å². The van der Waals surface area contributed by atoms with Crippen molar-refractivity contribution in [3.05, 3.63) is 36.4 Å². The second-order valence-electron chi connectivity index (χ2n) is 4.32. The number of nitrogens with zero attached hydrogens (tertiary/aromatic N) is 1. The highest BCUT2D eigenvalue weighted by Crippen LogP contribution is 2.36. The van der Waals surface area contributed by atoms with Gasteiger partial charge in [-0.3, -0.25) is 9.69 Å². The number of amides is 1. The number of carboxylic acid groups (broad SMARTS) is 1. The number of fused-ring (bicyclic) bond motifs is 1. The van der Waals surface area contributed by atoms with E-state index >= 15 is 0 Å². The average molecular weight is 261 g/mol. The van der Waals surface area contributed by atoms with E-state index in [0.717, 1.165) is 5.56 Å². The lowest BCUT2D eigenvalue weighted by molar-refractivity contribution is -0.140. The van der Waals surface area contributed by atoms with Crippen LogP contribution in [-0.2, 0) is 16.0 Å². The minimum Gasteiger partial charge on any atom is -0.481 e. The summed E-state index contributed by atoms with van der Waals surface area (Å²) in [5.74, 6) is -0.830. The number of para-hydroxylation sites is 1. The lowest BCUT2D eigenvalue weighted by atomic mass is 10.1. The van der Waals surface area contributed by atoms with Crippen LogP contribution in [0.15, 0.2) is 30.9 Å². The Balaban J connectivity index is 2.50. The fourth-order valence-electron chi connectivity index (χ4n) is 2.12. The maximum atomic E-state index is 11.9. The fourth-order valence-corrected chi connectivity index (χ4v) is 2.12. The maximum Gasteiger partial charge on any atom is 0.326 e. The second kappa shape index (κ2) is 5.14. The van der Waals surface area contributed by atoms with Crippen molar-refractivity contribution in [1.82, 2.24) is 0 Å². The molecule has 5 heteroatoms. The molecule has 1 heterocycles. The van der Waals surface area contributed by atoms with Crippen molar-refractivity contribution in [3.63, 3.8) is 0 Å². The molecule has 0 aromatic heterocycles. The summed E-state index contributed by atoms with van der Waals surface area (Å²) in [6, 6.07) is 4.42. The number of carboxylic acids is 1. The van der Waals surface area contributed by atoms with Crippen LogP contribution in [0.3, 0.4) is 0 Å². The normalized spacial score (nSPS) is 15.4. The molecule has 0 fully saturated rings. The largest absolute Gasteiger partial charge is 0.481 e. The Hall–Kier alpha value is -2.30. The van der Waals surface area contributed by atoms with Gasteiger partial charge in [0.1, 0.15) is 11.8 Å². The van der Waals surface area contributed by atoms with E-state index in [4.69, 9.17) is 9.84 Å². The van der Waals surface area contributed by atoms with Gasteiger partial charge in [0.2, 0.25) is 0 Å². The van der Waals surface area contributed by atoms with E-state index in [0.29, 0.717) is 17.9 Å². The van der Waals surface area contributed by atoms with Crippen molar-refractivity contribution in [2.75, 3.05) is 11.5 Å². The molecule has 1 aromatic rings. The molecule has 5 nitrogen and oxygen atoms in total. The molecule has 19 heavy (non-hydrogen) atoms. The zero-order valence-electron chi connectivity index (χ0n) is 10.6. The first kappa shape index (κ1) is 13.1. The summed E-state index contributed by atoms with van der Waals surface area (Å²) in [5.41, 5.74) is 1.40. The zero-order valence-corrected chi connectivity index (χ0v) is 10.6. The fraction of sp³-hybridized carbons (Fsp3) is 0.286. The smallest absolute Gasteiger partial charge is 0.326 e. The molecule has 1 aliphatic rings. The monoisotopic (exact) mass is 261 g/mol. The number of allylic oxidation sites excluding steroid dienone is 1. The Morgan fingerprint density at radius 2 is 2.37 bits per heavy atom. The third kappa shape index (κ3) is 2.31. The van der Waals surface area contributed by atoms with Crippen LogP contribution in [0.4, 0.5) is 5.69 Å². The predicted molar refractivity (Wildman–Crippen MR) is 70.4 cm³/mol. The van der Waals surface area contributed by atoms with Crippen molar-refractivity contribution in [2.24, 2.45) is 0 Å². The van der Waals surface area contributed by atoms with E-state index in [9.17, 15) is 9.59 Å². The van der Waals surface area contributed by atoms with Gasteiger partial charge in [-0.25, -0.2) is 4.79 Å². The van der Waals surface area contributed by atoms with Crippen molar-refractivity contribution in [1.29, 1.82) is 0 Å². The number of carbonyl (C=O) groups is 2. The molecule has 0 saturated heterocycles. The molecule has 0 radical (unpaired) electrons. The number of anilines is 1. The van der Waals surface area contributed by atoms with Crippen molar-refractivity contribution in [3.8, 4) is 5.75 Å². The van der Waals surface area contributed by atoms with Crippen LogP contribution >= 0.6 is 0 Å². The molecule has 1 unspecified atom stereocenters. The second-order valence-corrected chi connectivity index (χ2v) is 4.32. The van der Waals surface area contributed by atoms with Crippen molar-refractivity contribution < 1.29 is 19.4 Å². The van der Waals surface area contributed by atoms with E-state index in [-0.39, 0.29) is 12.5 Å². The summed E-state index contributed by atoms with van der Waals surface area (Å²) in [7, 11) is 0. The van der Waals surface area contributed by atoms with Gasteiger partial charge in [-0.15, -0.1) is 6.58 Å². The third-order valence-corrected chi connectivity index (χ3v) is 3.05. The number of carbonyl (C=O) groups excluding carboxylic acids is 1. The number of hydrogen-bond donors (Lipinski definition) is 1. The van der Waals surface area contributed by atoms with E-state index in [1.807, 2.05) is 6.07 Å². The molecule has 0 bridgehead atoms. The first-order chi connectivity index (χ1) is 9.06. The minimum absolute atomic E-state index is 0.140. The quantitative estimate of drug-likeness (QED) is 0.836. The van der Waals surface area contributed by atoms with E-state index < -0.39 is 12.0 Å². The zero-order chi connectivity index (χ0) is 14.0. The molecule has 1 amide bonds. The molecule has 100 valence electrons. The lowest BCUT2D eigenvalue weighted by Gasteiger charge is -2.33. The van der Waals surface area contributed by atoms with E-state index in [1.165, 1.54) is 11.8 Å². The topological polar surface area (TPSA) is 66.8 Å². The first-order valence-corrected chi connectivity index (χ1v) is 5.96. The number of aliphatic carboxylic acids is 1. The average Bonchev–Trinajstić information content (AvgIpc) is 2.38. The molecule has 1 aromatic carbocycles. The highest BCUT2D eigenvalue weighted by molar-refractivity contribution is 6.02. The van der Waals surface area contributed by atoms with Gasteiger partial charge in [-0.05, 0) is 19.4 Å². The van der Waals surface area contributed by atoms with Gasteiger partial charge >= 0.3 is 5.97 Å². The SMILES string of the molecule is C=CCc1cccc2c1OCC(=O)N2C(C)C(=O)O. The third-order valence-electron chi connectivity index (χ3n) is 3.05. The van der Waals surface area contributed by atoms with Crippen LogP contribution < -0.4 is 9.64 Å². The van der Waals surface area contributed by atoms with Gasteiger partial charge in [0.05, 0.1) is 5.69 Å². The van der Waals surface area contributed by atoms with Gasteiger partial charge in [0.15, 0.2) is 6.61 Å². The minimum atomic E-state index is -1.05. The van der Waals surface area contributed by atoms with Gasteiger partial charge < -0.3 is 9.84 Å². The number of ether oxygens (including phenoxy) is 1. The van der Waals surface area contributed by atoms with Gasteiger partial charge in [-0.2, -0.15) is 0 Å². The summed E-state index contributed by atoms with van der Waals surface area (Å²) < 4.78 is 5.45. The predicted octanol–water partition coefficient (Wildman–Crippen LogP) is 1.61. The summed E-state index contributed by atoms with van der Waals surface area (Å²) in [6.07, 6.45) is 2.34. The molecular weight excluding hydrogens is 246 g/mol. The lowest BCUT2D eigenvalue weighted by Crippen LogP contribution is -2.48. The highest BCUT2D eigenvalue weighted by Gasteiger charge is 2.33. The summed E-state index contributed by atoms with van der Waals surface area (Å²) in [6.45, 7) is 5.01. The Bertz CT molecular complexity index is 538. The van der Waals surface area contributed by atoms with E-state index in [1.54, 1.807) is 18.2 Å². The Kier molecular flexibility index (Phi) is 3.55. The van der Waals surface area contributed by atoms with Crippen LogP contribution in [0, 0.1) is 0 Å². The highest BCUT2D eigenvalue weighted by atomic mass is 16.5. The molecule has 1 N–H and O–H groups in total. The van der Waals surface area contributed by atoms with Gasteiger partial charge in [-0.1, -0.05) is 18.2 Å². The summed E-state index contributed by atoms with van der Waals surface area (Å²) >= 11 is 0. The molecule has 0 saturated carbocycles. The van der Waals surface area contributed by atoms with Crippen molar-refractivity contribution in [2.45, 2.75) is 19.4 Å². The standard InChI is InChI=1S/C14H15NO4/c1-3-5-10-6-4-7-11-13(10)19-8-12(16)15(11)9(2)14(17)18/h3-4,6-7,9H,1,5,8H2,2H3,(H,17,18). The number of hydrogen-bond acceptors (Lipinski definition) is 3. The molecule has 1 atom stereocenters. The Morgan fingerprint density at radius 3 is 3.00 bits per heavy atom. The number of benzene rings is 1. The molecular formula is C14H15NO4. The van der Waals surface area contributed by atoms with Crippen LogP contribution in [0.1, 0.15) is 12.5 Å². The Morgan fingerprint density at radius 1 is 1.63 bits per heavy atom. The molecule has 0 spiro atoms. The molecule has 2 rings (SSSR count). The summed E-state index contributed by atoms with van der Waals surface area (Å²) in [4.78, 5) is 24.3. The Labute approximate surface area is 111 Å². The van der Waals surface area contributed by atoms with Crippen LogP contribution in [0.5, 0.6) is 5.75 Å². The maximum absolute atomic E-state index is 11.9. The van der Waals surface area contributed by atoms with Crippen LogP contribution in [0.2, 0.25) is 0 Å². The summed E-state index contributed by atoms with van der Waals surface area (Å²) in [5, 5.41) is 9.10. The van der Waals surface area contributed by atoms with Crippen LogP contribution in [0.25, 0.3) is 0 Å². The molecule has 0 aliphatic carbocycles. The number of rotatable bonds is 4. The van der Waals surface area contributed by atoms with Crippen molar-refractivity contribution >= 4 is 17.6 Å². The van der Waals surface area contributed by atoms with Gasteiger partial charge in [0, 0.05) is 5.56 Å². The van der Waals surface area contributed by atoms with Gasteiger partial charge in [0.25, 0.3) is 5.91 Å². The first-order valence-electron chi connectivity index (χ1n) is 5.96. The molecule has 1 aliphatic heterocycles.